The predicted molar refractivity (Wildman–Crippen MR) is 77.1 cm³/mol. The zero-order valence-electron chi connectivity index (χ0n) is 11.5. The van der Waals surface area contributed by atoms with Crippen LogP contribution in [0, 0.1) is 0 Å². The number of nitrogens with zero attached hydrogens (tertiary/aromatic N) is 1. The van der Waals surface area contributed by atoms with E-state index in [1.807, 2.05) is 0 Å². The largest absolute Gasteiger partial charge is 0.472 e. The lowest BCUT2D eigenvalue weighted by molar-refractivity contribution is -0.125. The number of imide groups is 1. The zero-order chi connectivity index (χ0) is 15.5. The number of hydrogen-bond acceptors (Lipinski definition) is 4. The molecule has 2 heterocycles. The van der Waals surface area contributed by atoms with Crippen molar-refractivity contribution in [3.8, 4) is 0 Å². The molecule has 1 aromatic heterocycles. The van der Waals surface area contributed by atoms with Crippen molar-refractivity contribution in [2.75, 3.05) is 11.9 Å². The van der Waals surface area contributed by atoms with Crippen LogP contribution < -0.4 is 10.6 Å². The molecule has 3 rings (SSSR count). The number of nitrogens with one attached hydrogen (secondary N) is 2. The highest BCUT2D eigenvalue weighted by atomic mass is 16.3. The fraction of sp³-hybridized carbons (Fsp3) is 0.133. The van der Waals surface area contributed by atoms with Gasteiger partial charge < -0.3 is 15.1 Å². The first-order valence-electron chi connectivity index (χ1n) is 6.64. The van der Waals surface area contributed by atoms with E-state index in [4.69, 9.17) is 4.42 Å². The third kappa shape index (κ3) is 2.83. The maximum Gasteiger partial charge on any atom is 0.324 e. The van der Waals surface area contributed by atoms with Crippen LogP contribution in [0.5, 0.6) is 0 Å². The first-order valence-corrected chi connectivity index (χ1v) is 6.64. The third-order valence-electron chi connectivity index (χ3n) is 3.25. The maximum absolute atomic E-state index is 11.9. The van der Waals surface area contributed by atoms with Gasteiger partial charge in [0.15, 0.2) is 0 Å². The van der Waals surface area contributed by atoms with Gasteiger partial charge in [0.2, 0.25) is 5.91 Å². The number of benzene rings is 1. The van der Waals surface area contributed by atoms with E-state index in [0.29, 0.717) is 11.3 Å². The van der Waals surface area contributed by atoms with Crippen molar-refractivity contribution < 1.29 is 18.8 Å². The second-order valence-corrected chi connectivity index (χ2v) is 4.81. The molecule has 1 aliphatic heterocycles. The van der Waals surface area contributed by atoms with Crippen molar-refractivity contribution in [3.63, 3.8) is 0 Å². The Morgan fingerprint density at radius 3 is 2.86 bits per heavy atom. The van der Waals surface area contributed by atoms with Gasteiger partial charge in [-0.2, -0.15) is 0 Å². The van der Waals surface area contributed by atoms with Crippen LogP contribution in [0.25, 0.3) is 0 Å². The maximum atomic E-state index is 11.9. The van der Waals surface area contributed by atoms with Crippen LogP contribution in [-0.2, 0) is 11.3 Å². The molecule has 0 aliphatic carbocycles. The van der Waals surface area contributed by atoms with E-state index in [2.05, 4.69) is 10.6 Å². The van der Waals surface area contributed by atoms with Gasteiger partial charge >= 0.3 is 6.03 Å². The topological polar surface area (TPSA) is 91.7 Å². The fourth-order valence-corrected chi connectivity index (χ4v) is 2.14. The minimum atomic E-state index is -0.405. The molecule has 22 heavy (non-hydrogen) atoms. The minimum Gasteiger partial charge on any atom is -0.472 e. The molecule has 7 nitrogen and oxygen atoms in total. The van der Waals surface area contributed by atoms with Crippen molar-refractivity contribution in [2.45, 2.75) is 6.54 Å². The summed E-state index contributed by atoms with van der Waals surface area (Å²) in [4.78, 5) is 36.2. The van der Waals surface area contributed by atoms with Gasteiger partial charge in [0, 0.05) is 5.69 Å². The second-order valence-electron chi connectivity index (χ2n) is 4.81. The van der Waals surface area contributed by atoms with Gasteiger partial charge in [-0.25, -0.2) is 4.79 Å². The molecular formula is C15H13N3O4. The van der Waals surface area contributed by atoms with Crippen LogP contribution in [0.2, 0.25) is 0 Å². The average molecular weight is 299 g/mol. The Labute approximate surface area is 125 Å². The molecular weight excluding hydrogens is 286 g/mol. The molecule has 7 heteroatoms. The van der Waals surface area contributed by atoms with E-state index in [9.17, 15) is 14.4 Å². The van der Waals surface area contributed by atoms with Gasteiger partial charge in [0.1, 0.15) is 6.26 Å². The summed E-state index contributed by atoms with van der Waals surface area (Å²) in [7, 11) is 0. The lowest BCUT2D eigenvalue weighted by Crippen LogP contribution is -2.30. The number of hydrogen-bond donors (Lipinski definition) is 2. The number of carbonyl (C=O) groups is 3. The van der Waals surface area contributed by atoms with Crippen molar-refractivity contribution in [1.29, 1.82) is 0 Å². The van der Waals surface area contributed by atoms with Gasteiger partial charge in [0.25, 0.3) is 5.91 Å². The molecule has 1 aliphatic rings. The van der Waals surface area contributed by atoms with Gasteiger partial charge in [-0.3, -0.25) is 14.5 Å². The van der Waals surface area contributed by atoms with Crippen LogP contribution in [0.4, 0.5) is 10.5 Å². The van der Waals surface area contributed by atoms with Gasteiger partial charge in [-0.1, -0.05) is 12.1 Å². The molecule has 0 bridgehead atoms. The molecule has 2 aromatic rings. The van der Waals surface area contributed by atoms with Crippen LogP contribution >= 0.6 is 0 Å². The number of anilines is 1. The summed E-state index contributed by atoms with van der Waals surface area (Å²) in [6.07, 6.45) is 2.77. The Hall–Kier alpha value is -3.09. The number of rotatable bonds is 4. The van der Waals surface area contributed by atoms with Crippen molar-refractivity contribution in [2.24, 2.45) is 0 Å². The Balaban J connectivity index is 1.71. The summed E-state index contributed by atoms with van der Waals surface area (Å²) in [6, 6.07) is 8.14. The molecule has 2 N–H and O–H groups in total. The van der Waals surface area contributed by atoms with E-state index in [0.717, 1.165) is 10.5 Å². The molecule has 0 radical (unpaired) electrons. The van der Waals surface area contributed by atoms with Crippen LogP contribution in [-0.4, -0.2) is 29.3 Å². The highest BCUT2D eigenvalue weighted by Gasteiger charge is 2.28. The van der Waals surface area contributed by atoms with E-state index in [-0.39, 0.29) is 24.9 Å². The molecule has 1 saturated heterocycles. The predicted octanol–water partition coefficient (Wildman–Crippen LogP) is 1.58. The molecule has 0 atom stereocenters. The normalized spacial score (nSPS) is 14.1. The Bertz CT molecular complexity index is 708. The number of furan rings is 1. The SMILES string of the molecule is O=C(Nc1cccc(CN2C(=O)CNC2=O)c1)c1ccoc1. The molecule has 112 valence electrons. The van der Waals surface area contributed by atoms with Crippen LogP contribution in [0.1, 0.15) is 15.9 Å². The Morgan fingerprint density at radius 1 is 1.32 bits per heavy atom. The highest BCUT2D eigenvalue weighted by Crippen LogP contribution is 2.15. The first-order chi connectivity index (χ1) is 10.6. The van der Waals surface area contributed by atoms with Gasteiger partial charge in [-0.05, 0) is 23.8 Å². The lowest BCUT2D eigenvalue weighted by Gasteiger charge is -2.13. The summed E-state index contributed by atoms with van der Waals surface area (Å²) < 4.78 is 4.86. The van der Waals surface area contributed by atoms with E-state index < -0.39 is 6.03 Å². The van der Waals surface area contributed by atoms with Crippen molar-refractivity contribution in [3.05, 3.63) is 54.0 Å². The Kier molecular flexibility index (Phi) is 3.61. The zero-order valence-corrected chi connectivity index (χ0v) is 11.5. The molecule has 1 aromatic carbocycles. The standard InChI is InChI=1S/C15H13N3O4/c19-13-7-16-15(21)18(13)8-10-2-1-3-12(6-10)17-14(20)11-4-5-22-9-11/h1-6,9H,7-8H2,(H,16,21)(H,17,20). The van der Waals surface area contributed by atoms with Crippen LogP contribution in [0.3, 0.4) is 0 Å². The monoisotopic (exact) mass is 299 g/mol. The number of amides is 4. The van der Waals surface area contributed by atoms with Gasteiger partial charge in [-0.15, -0.1) is 0 Å². The molecule has 0 saturated carbocycles. The summed E-state index contributed by atoms with van der Waals surface area (Å²) in [5.74, 6) is -0.557. The van der Waals surface area contributed by atoms with Crippen molar-refractivity contribution >= 4 is 23.5 Å². The number of carbonyl (C=O) groups excluding carboxylic acids is 3. The minimum absolute atomic E-state index is 0.0236. The molecule has 1 fully saturated rings. The molecule has 4 amide bonds. The average Bonchev–Trinajstić information content (AvgIpc) is 3.13. The molecule has 0 unspecified atom stereocenters. The smallest absolute Gasteiger partial charge is 0.324 e. The van der Waals surface area contributed by atoms with Gasteiger partial charge in [0.05, 0.1) is 24.9 Å². The van der Waals surface area contributed by atoms with E-state index >= 15 is 0 Å². The van der Waals surface area contributed by atoms with E-state index in [1.54, 1.807) is 30.3 Å². The fourth-order valence-electron chi connectivity index (χ4n) is 2.14. The van der Waals surface area contributed by atoms with E-state index in [1.165, 1.54) is 12.5 Å². The summed E-state index contributed by atoms with van der Waals surface area (Å²) in [5.41, 5.74) is 1.74. The third-order valence-corrected chi connectivity index (χ3v) is 3.25. The van der Waals surface area contributed by atoms with Crippen LogP contribution in [0.15, 0.2) is 47.3 Å². The summed E-state index contributed by atoms with van der Waals surface area (Å²) in [5, 5.41) is 5.19. The Morgan fingerprint density at radius 2 is 2.18 bits per heavy atom. The summed E-state index contributed by atoms with van der Waals surface area (Å²) in [6.45, 7) is 0.190. The lowest BCUT2D eigenvalue weighted by atomic mass is 10.2. The quantitative estimate of drug-likeness (QED) is 0.838. The highest BCUT2D eigenvalue weighted by molar-refractivity contribution is 6.04. The second kappa shape index (κ2) is 5.72. The molecule has 0 spiro atoms. The number of urea groups is 1. The first kappa shape index (κ1) is 13.9. The van der Waals surface area contributed by atoms with Crippen molar-refractivity contribution in [1.82, 2.24) is 10.2 Å². The summed E-state index contributed by atoms with van der Waals surface area (Å²) >= 11 is 0.